The van der Waals surface area contributed by atoms with Crippen LogP contribution in [-0.2, 0) is 13.5 Å². The molecule has 2 aromatic rings. The van der Waals surface area contributed by atoms with E-state index in [4.69, 9.17) is 0 Å². The predicted molar refractivity (Wildman–Crippen MR) is 84.5 cm³/mol. The summed E-state index contributed by atoms with van der Waals surface area (Å²) in [6.07, 6.45) is 2.49. The molecule has 0 aliphatic carbocycles. The minimum Gasteiger partial charge on any atom is -0.322 e. The molecule has 0 saturated heterocycles. The number of rotatable bonds is 5. The van der Waals surface area contributed by atoms with Gasteiger partial charge in [-0.2, -0.15) is 5.10 Å². The molecule has 0 fully saturated rings. The number of aromatic nitrogens is 2. The van der Waals surface area contributed by atoms with E-state index in [0.717, 1.165) is 23.4 Å². The zero-order chi connectivity index (χ0) is 15.4. The summed E-state index contributed by atoms with van der Waals surface area (Å²) in [4.78, 5) is 12.4. The summed E-state index contributed by atoms with van der Waals surface area (Å²) < 4.78 is 1.67. The topological polar surface area (TPSA) is 59.0 Å². The highest BCUT2D eigenvalue weighted by Gasteiger charge is 2.14. The van der Waals surface area contributed by atoms with Crippen molar-refractivity contribution in [3.05, 3.63) is 47.3 Å². The lowest BCUT2D eigenvalue weighted by Crippen LogP contribution is -2.15. The number of carbonyl (C=O) groups is 1. The fraction of sp³-hybridized carbons (Fsp3) is 0.375. The second-order valence-electron chi connectivity index (χ2n) is 5.11. The van der Waals surface area contributed by atoms with Crippen molar-refractivity contribution < 1.29 is 4.79 Å². The summed E-state index contributed by atoms with van der Waals surface area (Å²) in [5.41, 5.74) is 3.38. The largest absolute Gasteiger partial charge is 0.322 e. The molecule has 1 heterocycles. The van der Waals surface area contributed by atoms with Gasteiger partial charge in [-0.05, 0) is 38.1 Å². The second kappa shape index (κ2) is 6.54. The molecule has 2 rings (SSSR count). The van der Waals surface area contributed by atoms with Gasteiger partial charge in [0.05, 0.1) is 11.3 Å². The van der Waals surface area contributed by atoms with Gasteiger partial charge >= 0.3 is 0 Å². The van der Waals surface area contributed by atoms with Gasteiger partial charge in [-0.1, -0.05) is 19.1 Å². The number of hydrogen-bond donors (Lipinski definition) is 2. The van der Waals surface area contributed by atoms with Gasteiger partial charge in [-0.25, -0.2) is 0 Å². The highest BCUT2D eigenvalue weighted by molar-refractivity contribution is 6.04. The van der Waals surface area contributed by atoms with Crippen molar-refractivity contribution in [2.45, 2.75) is 26.3 Å². The molecule has 21 heavy (non-hydrogen) atoms. The van der Waals surface area contributed by atoms with Gasteiger partial charge in [0.1, 0.15) is 0 Å². The van der Waals surface area contributed by atoms with Crippen molar-refractivity contribution >= 4 is 11.6 Å². The van der Waals surface area contributed by atoms with Crippen molar-refractivity contribution in [1.82, 2.24) is 15.1 Å². The molecule has 0 bridgehead atoms. The average molecular weight is 286 g/mol. The molecule has 0 spiro atoms. The van der Waals surface area contributed by atoms with Crippen molar-refractivity contribution in [2.75, 3.05) is 12.4 Å². The quantitative estimate of drug-likeness (QED) is 0.888. The maximum absolute atomic E-state index is 12.4. The molecule has 112 valence electrons. The van der Waals surface area contributed by atoms with Crippen LogP contribution in [0.2, 0.25) is 0 Å². The Morgan fingerprint density at radius 3 is 2.86 bits per heavy atom. The van der Waals surface area contributed by atoms with Crippen LogP contribution in [0.4, 0.5) is 5.69 Å². The summed E-state index contributed by atoms with van der Waals surface area (Å²) in [6.45, 7) is 4.07. The Morgan fingerprint density at radius 1 is 1.43 bits per heavy atom. The lowest BCUT2D eigenvalue weighted by atomic mass is 10.1. The zero-order valence-electron chi connectivity index (χ0n) is 13.0. The maximum atomic E-state index is 12.4. The highest BCUT2D eigenvalue weighted by atomic mass is 16.1. The summed E-state index contributed by atoms with van der Waals surface area (Å²) in [5.74, 6) is -0.116. The molecule has 5 nitrogen and oxygen atoms in total. The molecule has 1 aromatic carbocycles. The van der Waals surface area contributed by atoms with Crippen molar-refractivity contribution in [3.63, 3.8) is 0 Å². The van der Waals surface area contributed by atoms with E-state index in [2.05, 4.69) is 22.7 Å². The summed E-state index contributed by atoms with van der Waals surface area (Å²) in [6, 6.07) is 8.11. The third-order valence-corrected chi connectivity index (χ3v) is 3.56. The Hall–Kier alpha value is -2.14. The molecule has 1 unspecified atom stereocenters. The minimum absolute atomic E-state index is 0.116. The Morgan fingerprint density at radius 2 is 2.19 bits per heavy atom. The molecule has 0 radical (unpaired) electrons. The predicted octanol–water partition coefficient (Wildman–Crippen LogP) is 2.52. The SMILES string of the molecule is CCc1nn(C)cc1C(=O)Nc1cccc(C(C)NC)c1. The first-order valence-corrected chi connectivity index (χ1v) is 7.16. The number of aryl methyl sites for hydroxylation is 2. The van der Waals surface area contributed by atoms with Gasteiger partial charge in [0.2, 0.25) is 0 Å². The molecular weight excluding hydrogens is 264 g/mol. The van der Waals surface area contributed by atoms with E-state index in [-0.39, 0.29) is 11.9 Å². The summed E-state index contributed by atoms with van der Waals surface area (Å²) in [7, 11) is 3.74. The second-order valence-corrected chi connectivity index (χ2v) is 5.11. The van der Waals surface area contributed by atoms with Gasteiger partial charge in [0, 0.05) is 25.0 Å². The Balaban J connectivity index is 2.19. The van der Waals surface area contributed by atoms with Crippen LogP contribution in [0.1, 0.15) is 41.5 Å². The van der Waals surface area contributed by atoms with Crippen LogP contribution in [0, 0.1) is 0 Å². The molecular formula is C16H22N4O. The molecule has 0 aliphatic rings. The standard InChI is InChI=1S/C16H22N4O/c1-5-15-14(10-20(4)19-15)16(21)18-13-8-6-7-12(9-13)11(2)17-3/h6-11,17H,5H2,1-4H3,(H,18,21). The van der Waals surface area contributed by atoms with Gasteiger partial charge in [-0.15, -0.1) is 0 Å². The number of amides is 1. The van der Waals surface area contributed by atoms with Crippen molar-refractivity contribution in [3.8, 4) is 0 Å². The molecule has 1 aromatic heterocycles. The number of benzene rings is 1. The molecule has 5 heteroatoms. The average Bonchev–Trinajstić information content (AvgIpc) is 2.88. The Bertz CT molecular complexity index is 633. The summed E-state index contributed by atoms with van der Waals surface area (Å²) in [5, 5.41) is 10.4. The fourth-order valence-electron chi connectivity index (χ4n) is 2.24. The lowest BCUT2D eigenvalue weighted by Gasteiger charge is -2.12. The van der Waals surface area contributed by atoms with Crippen LogP contribution in [-0.4, -0.2) is 22.7 Å². The van der Waals surface area contributed by atoms with Crippen LogP contribution >= 0.6 is 0 Å². The third-order valence-electron chi connectivity index (χ3n) is 3.56. The zero-order valence-corrected chi connectivity index (χ0v) is 13.0. The lowest BCUT2D eigenvalue weighted by molar-refractivity contribution is 0.102. The first-order valence-electron chi connectivity index (χ1n) is 7.16. The number of anilines is 1. The molecule has 1 amide bonds. The van der Waals surface area contributed by atoms with Crippen LogP contribution in [0.5, 0.6) is 0 Å². The molecule has 0 saturated carbocycles. The first-order chi connectivity index (χ1) is 10.0. The van der Waals surface area contributed by atoms with Gasteiger partial charge in [0.15, 0.2) is 0 Å². The van der Waals surface area contributed by atoms with E-state index >= 15 is 0 Å². The van der Waals surface area contributed by atoms with Gasteiger partial charge < -0.3 is 10.6 Å². The maximum Gasteiger partial charge on any atom is 0.259 e. The number of nitrogens with zero attached hydrogens (tertiary/aromatic N) is 2. The number of nitrogens with one attached hydrogen (secondary N) is 2. The Kier molecular flexibility index (Phi) is 4.75. The van der Waals surface area contributed by atoms with Gasteiger partial charge in [0.25, 0.3) is 5.91 Å². The molecule has 1 atom stereocenters. The Labute approximate surface area is 125 Å². The normalized spacial score (nSPS) is 12.2. The molecule has 2 N–H and O–H groups in total. The highest BCUT2D eigenvalue weighted by Crippen LogP contribution is 2.18. The smallest absolute Gasteiger partial charge is 0.259 e. The first kappa shape index (κ1) is 15.3. The van der Waals surface area contributed by atoms with Crippen LogP contribution in [0.25, 0.3) is 0 Å². The van der Waals surface area contributed by atoms with Crippen molar-refractivity contribution in [2.24, 2.45) is 7.05 Å². The van der Waals surface area contributed by atoms with Crippen molar-refractivity contribution in [1.29, 1.82) is 0 Å². The van der Waals surface area contributed by atoms with E-state index < -0.39 is 0 Å². The van der Waals surface area contributed by atoms with E-state index in [1.807, 2.05) is 45.3 Å². The number of hydrogen-bond acceptors (Lipinski definition) is 3. The summed E-state index contributed by atoms with van der Waals surface area (Å²) >= 11 is 0. The van der Waals surface area contributed by atoms with E-state index in [1.165, 1.54) is 0 Å². The van der Waals surface area contributed by atoms with Crippen LogP contribution < -0.4 is 10.6 Å². The third kappa shape index (κ3) is 3.49. The van der Waals surface area contributed by atoms with E-state index in [0.29, 0.717) is 5.56 Å². The fourth-order valence-corrected chi connectivity index (χ4v) is 2.24. The van der Waals surface area contributed by atoms with Crippen LogP contribution in [0.3, 0.4) is 0 Å². The van der Waals surface area contributed by atoms with E-state index in [1.54, 1.807) is 10.9 Å². The monoisotopic (exact) mass is 286 g/mol. The van der Waals surface area contributed by atoms with Gasteiger partial charge in [-0.3, -0.25) is 9.48 Å². The minimum atomic E-state index is -0.116. The number of carbonyl (C=O) groups excluding carboxylic acids is 1. The van der Waals surface area contributed by atoms with Crippen LogP contribution in [0.15, 0.2) is 30.5 Å². The van der Waals surface area contributed by atoms with E-state index in [9.17, 15) is 4.79 Å². The molecule has 0 aliphatic heterocycles.